The first-order valence-corrected chi connectivity index (χ1v) is 8.16. The zero-order valence-corrected chi connectivity index (χ0v) is 12.6. The van der Waals surface area contributed by atoms with Crippen molar-refractivity contribution in [2.45, 2.75) is 24.6 Å². The minimum Gasteiger partial charge on any atom is -0.271 e. The van der Waals surface area contributed by atoms with E-state index in [0.29, 0.717) is 0 Å². The Balaban J connectivity index is 2.68. The molecule has 2 aromatic rings. The van der Waals surface area contributed by atoms with Crippen molar-refractivity contribution < 1.29 is 8.42 Å². The summed E-state index contributed by atoms with van der Waals surface area (Å²) in [6.45, 7) is 3.34. The first-order valence-electron chi connectivity index (χ1n) is 6.27. The number of nitrogens with two attached hydrogens (primary N) is 1. The third-order valence-corrected chi connectivity index (χ3v) is 5.99. The Morgan fingerprint density at radius 2 is 2.00 bits per heavy atom. The number of pyridine rings is 1. The Kier molecular flexibility index (Phi) is 3.82. The molecule has 3 N–H and O–H groups in total. The quantitative estimate of drug-likeness (QED) is 0.660. The normalized spacial score (nSPS) is 14.4. The summed E-state index contributed by atoms with van der Waals surface area (Å²) in [5, 5.41) is 1.90. The molecule has 0 saturated heterocycles. The van der Waals surface area contributed by atoms with E-state index in [1.165, 1.54) is 6.26 Å². The number of hydrazine groups is 1. The monoisotopic (exact) mass is 293 g/mol. The van der Waals surface area contributed by atoms with Crippen molar-refractivity contribution in [2.75, 3.05) is 6.26 Å². The number of hydrogen-bond acceptors (Lipinski definition) is 5. The number of nitrogens with one attached hydrogen (secondary N) is 1. The second kappa shape index (κ2) is 5.12. The lowest BCUT2D eigenvalue weighted by Crippen LogP contribution is -2.47. The topological polar surface area (TPSA) is 85.1 Å². The van der Waals surface area contributed by atoms with Crippen LogP contribution in [0.15, 0.2) is 36.7 Å². The van der Waals surface area contributed by atoms with Gasteiger partial charge in [-0.05, 0) is 30.9 Å². The van der Waals surface area contributed by atoms with Crippen LogP contribution in [-0.4, -0.2) is 24.4 Å². The maximum absolute atomic E-state index is 12.1. The van der Waals surface area contributed by atoms with Crippen LogP contribution in [0.2, 0.25) is 0 Å². The van der Waals surface area contributed by atoms with Gasteiger partial charge >= 0.3 is 0 Å². The Bertz CT molecular complexity index is 721. The highest BCUT2D eigenvalue weighted by atomic mass is 32.2. The number of rotatable bonds is 4. The molecule has 6 heteroatoms. The average molecular weight is 293 g/mol. The third-order valence-electron chi connectivity index (χ3n) is 3.85. The summed E-state index contributed by atoms with van der Waals surface area (Å²) < 4.78 is 23.1. The molecule has 1 aromatic heterocycles. The van der Waals surface area contributed by atoms with Crippen LogP contribution in [0.3, 0.4) is 0 Å². The Hall–Kier alpha value is -1.50. The number of aromatic nitrogens is 1. The van der Waals surface area contributed by atoms with Gasteiger partial charge in [0.2, 0.25) is 0 Å². The van der Waals surface area contributed by atoms with E-state index >= 15 is 0 Å². The summed E-state index contributed by atoms with van der Waals surface area (Å²) in [5.41, 5.74) is 3.48. The Labute approximate surface area is 119 Å². The molecule has 0 aliphatic heterocycles. The van der Waals surface area contributed by atoms with Crippen LogP contribution in [0.25, 0.3) is 10.8 Å². The van der Waals surface area contributed by atoms with Gasteiger partial charge in [0.1, 0.15) is 0 Å². The molecule has 0 aliphatic rings. The molecule has 0 aliphatic carbocycles. The SMILES string of the molecule is CC(C)(C(NN)c1cccc2ccncc12)S(C)(=O)=O. The van der Waals surface area contributed by atoms with Gasteiger partial charge in [0.05, 0.1) is 10.8 Å². The minimum absolute atomic E-state index is 0.523. The fraction of sp³-hybridized carbons (Fsp3) is 0.357. The van der Waals surface area contributed by atoms with E-state index in [-0.39, 0.29) is 0 Å². The molecule has 0 bridgehead atoms. The van der Waals surface area contributed by atoms with E-state index in [2.05, 4.69) is 10.4 Å². The highest BCUT2D eigenvalue weighted by Crippen LogP contribution is 2.34. The summed E-state index contributed by atoms with van der Waals surface area (Å²) in [7, 11) is -3.29. The lowest BCUT2D eigenvalue weighted by atomic mass is 9.92. The van der Waals surface area contributed by atoms with E-state index in [1.807, 2.05) is 24.3 Å². The van der Waals surface area contributed by atoms with Gasteiger partial charge in [-0.3, -0.25) is 16.3 Å². The maximum atomic E-state index is 12.1. The highest BCUT2D eigenvalue weighted by molar-refractivity contribution is 7.92. The fourth-order valence-electron chi connectivity index (χ4n) is 2.27. The molecular formula is C14H19N3O2S. The molecule has 108 valence electrons. The molecule has 2 rings (SSSR count). The molecule has 0 fully saturated rings. The van der Waals surface area contributed by atoms with Crippen molar-refractivity contribution in [1.29, 1.82) is 0 Å². The van der Waals surface area contributed by atoms with Gasteiger partial charge < -0.3 is 0 Å². The molecule has 1 aromatic carbocycles. The van der Waals surface area contributed by atoms with Gasteiger partial charge in [-0.25, -0.2) is 8.42 Å². The van der Waals surface area contributed by atoms with Crippen molar-refractivity contribution in [3.8, 4) is 0 Å². The Morgan fingerprint density at radius 3 is 2.60 bits per heavy atom. The minimum atomic E-state index is -3.29. The first-order chi connectivity index (χ1) is 9.29. The molecule has 20 heavy (non-hydrogen) atoms. The van der Waals surface area contributed by atoms with Crippen LogP contribution < -0.4 is 11.3 Å². The lowest BCUT2D eigenvalue weighted by molar-refractivity contribution is 0.430. The zero-order chi connectivity index (χ0) is 15.0. The number of hydrogen-bond donors (Lipinski definition) is 2. The molecule has 1 unspecified atom stereocenters. The zero-order valence-electron chi connectivity index (χ0n) is 11.8. The van der Waals surface area contributed by atoms with Gasteiger partial charge in [-0.1, -0.05) is 18.2 Å². The van der Waals surface area contributed by atoms with Crippen LogP contribution in [-0.2, 0) is 9.84 Å². The van der Waals surface area contributed by atoms with E-state index in [9.17, 15) is 8.42 Å². The predicted octanol–water partition coefficient (Wildman–Crippen LogP) is 1.56. The molecule has 0 radical (unpaired) electrons. The van der Waals surface area contributed by atoms with Crippen LogP contribution >= 0.6 is 0 Å². The van der Waals surface area contributed by atoms with Crippen LogP contribution in [0.4, 0.5) is 0 Å². The standard InChI is InChI=1S/C14H19N3O2S/c1-14(2,20(3,18)19)13(17-15)11-6-4-5-10-7-8-16-9-12(10)11/h4-9,13,17H,15H2,1-3H3. The smallest absolute Gasteiger partial charge is 0.154 e. The molecule has 0 saturated carbocycles. The number of fused-ring (bicyclic) bond motifs is 1. The summed E-state index contributed by atoms with van der Waals surface area (Å²) in [4.78, 5) is 4.12. The van der Waals surface area contributed by atoms with Gasteiger partial charge in [0.25, 0.3) is 0 Å². The van der Waals surface area contributed by atoms with E-state index in [1.54, 1.807) is 26.2 Å². The molecular weight excluding hydrogens is 274 g/mol. The van der Waals surface area contributed by atoms with Crippen LogP contribution in [0.1, 0.15) is 25.5 Å². The van der Waals surface area contributed by atoms with Gasteiger partial charge in [0.15, 0.2) is 9.84 Å². The fourth-order valence-corrected chi connectivity index (χ4v) is 2.89. The van der Waals surface area contributed by atoms with Gasteiger partial charge in [-0.2, -0.15) is 0 Å². The number of benzene rings is 1. The third kappa shape index (κ3) is 2.42. The predicted molar refractivity (Wildman–Crippen MR) is 80.7 cm³/mol. The van der Waals surface area contributed by atoms with Crippen molar-refractivity contribution in [3.05, 3.63) is 42.2 Å². The van der Waals surface area contributed by atoms with Crippen molar-refractivity contribution in [2.24, 2.45) is 5.84 Å². The highest BCUT2D eigenvalue weighted by Gasteiger charge is 2.40. The van der Waals surface area contributed by atoms with Gasteiger partial charge in [-0.15, -0.1) is 0 Å². The summed E-state index contributed by atoms with van der Waals surface area (Å²) >= 11 is 0. The molecule has 1 atom stereocenters. The molecule has 1 heterocycles. The molecule has 5 nitrogen and oxygen atoms in total. The second-order valence-corrected chi connectivity index (χ2v) is 8.02. The van der Waals surface area contributed by atoms with E-state index < -0.39 is 20.6 Å². The summed E-state index contributed by atoms with van der Waals surface area (Å²) in [6, 6.07) is 7.09. The van der Waals surface area contributed by atoms with Crippen LogP contribution in [0.5, 0.6) is 0 Å². The van der Waals surface area contributed by atoms with E-state index in [0.717, 1.165) is 16.3 Å². The summed E-state index contributed by atoms with van der Waals surface area (Å²) in [5.74, 6) is 5.64. The lowest BCUT2D eigenvalue weighted by Gasteiger charge is -2.33. The van der Waals surface area contributed by atoms with Crippen LogP contribution in [0, 0.1) is 0 Å². The molecule has 0 spiro atoms. The van der Waals surface area contributed by atoms with Gasteiger partial charge in [0, 0.05) is 24.0 Å². The largest absolute Gasteiger partial charge is 0.271 e. The summed E-state index contributed by atoms with van der Waals surface area (Å²) in [6.07, 6.45) is 4.66. The van der Waals surface area contributed by atoms with Crippen molar-refractivity contribution in [1.82, 2.24) is 10.4 Å². The first kappa shape index (κ1) is 14.9. The number of nitrogens with zero attached hydrogens (tertiary/aromatic N) is 1. The number of sulfone groups is 1. The van der Waals surface area contributed by atoms with Crippen molar-refractivity contribution in [3.63, 3.8) is 0 Å². The average Bonchev–Trinajstić information content (AvgIpc) is 2.38. The van der Waals surface area contributed by atoms with E-state index in [4.69, 9.17) is 5.84 Å². The Morgan fingerprint density at radius 1 is 1.30 bits per heavy atom. The van der Waals surface area contributed by atoms with Crippen molar-refractivity contribution >= 4 is 20.6 Å². The molecule has 0 amide bonds. The second-order valence-electron chi connectivity index (χ2n) is 5.42. The maximum Gasteiger partial charge on any atom is 0.154 e.